The summed E-state index contributed by atoms with van der Waals surface area (Å²) in [6.07, 6.45) is 1.07. The molecule has 3 aromatic rings. The number of amides is 4. The molecule has 7 nitrogen and oxygen atoms in total. The number of fused-ring (bicyclic) bond motifs is 1. The first-order chi connectivity index (χ1) is 15.4. The summed E-state index contributed by atoms with van der Waals surface area (Å²) >= 11 is 0. The predicted octanol–water partition coefficient (Wildman–Crippen LogP) is 3.25. The zero-order valence-corrected chi connectivity index (χ0v) is 18.2. The number of carbonyl (C=O) groups excluding carboxylic acids is 3. The van der Waals surface area contributed by atoms with Crippen molar-refractivity contribution in [2.24, 2.45) is 0 Å². The topological polar surface area (TPSA) is 81.8 Å². The Morgan fingerprint density at radius 3 is 2.44 bits per heavy atom. The number of anilines is 1. The maximum Gasteiger partial charge on any atom is 0.344 e. The minimum atomic E-state index is -1.07. The maximum atomic E-state index is 12.9. The molecule has 164 valence electrons. The number of rotatable bonds is 7. The van der Waals surface area contributed by atoms with Gasteiger partial charge in [0.05, 0.1) is 6.54 Å². The summed E-state index contributed by atoms with van der Waals surface area (Å²) in [7, 11) is 1.79. The van der Waals surface area contributed by atoms with Crippen LogP contribution in [0.1, 0.15) is 18.9 Å². The lowest BCUT2D eigenvalue weighted by molar-refractivity contribution is -0.138. The van der Waals surface area contributed by atoms with Gasteiger partial charge in [-0.2, -0.15) is 5.01 Å². The van der Waals surface area contributed by atoms with Crippen LogP contribution in [0.5, 0.6) is 0 Å². The minimum Gasteiger partial charge on any atom is -0.365 e. The van der Waals surface area contributed by atoms with Crippen LogP contribution in [0.4, 0.5) is 10.5 Å². The van der Waals surface area contributed by atoms with Gasteiger partial charge in [0.15, 0.2) is 0 Å². The van der Waals surface area contributed by atoms with Crippen LogP contribution >= 0.6 is 0 Å². The first-order valence-corrected chi connectivity index (χ1v) is 10.6. The molecule has 0 aliphatic carbocycles. The number of urea groups is 1. The van der Waals surface area contributed by atoms with Crippen molar-refractivity contribution in [1.82, 2.24) is 15.8 Å². The molecule has 7 heteroatoms. The van der Waals surface area contributed by atoms with Crippen molar-refractivity contribution >= 4 is 34.3 Å². The minimum absolute atomic E-state index is 0.00384. The van der Waals surface area contributed by atoms with Crippen LogP contribution in [0.25, 0.3) is 10.8 Å². The van der Waals surface area contributed by atoms with Crippen LogP contribution in [-0.2, 0) is 16.0 Å². The van der Waals surface area contributed by atoms with Crippen molar-refractivity contribution in [2.75, 3.05) is 18.5 Å². The Morgan fingerprint density at radius 1 is 1.00 bits per heavy atom. The molecule has 4 rings (SSSR count). The van der Waals surface area contributed by atoms with Gasteiger partial charge in [0.1, 0.15) is 5.54 Å². The fourth-order valence-electron chi connectivity index (χ4n) is 3.88. The van der Waals surface area contributed by atoms with E-state index >= 15 is 0 Å². The summed E-state index contributed by atoms with van der Waals surface area (Å²) in [6, 6.07) is 23.0. The van der Waals surface area contributed by atoms with Gasteiger partial charge in [0.2, 0.25) is 0 Å². The molecule has 4 amide bonds. The first-order valence-electron chi connectivity index (χ1n) is 10.6. The molecule has 0 spiro atoms. The average molecular weight is 431 g/mol. The maximum absolute atomic E-state index is 12.9. The third-order valence-corrected chi connectivity index (χ3v) is 5.81. The Hall–Kier alpha value is -3.87. The standard InChI is InChI=1S/C25H26N4O3/c1-25(15-14-18-8-4-3-5-9-18)23(31)29(24(32)26-25)27-22(30)17-28(2)21-13-12-19-10-6-7-11-20(19)16-21/h3-13,16H,14-15,17H2,1-2H3,(H,26,32)(H,27,30)/t25-/m1/s1. The molecule has 32 heavy (non-hydrogen) atoms. The molecule has 1 aliphatic rings. The summed E-state index contributed by atoms with van der Waals surface area (Å²) in [4.78, 5) is 39.7. The monoisotopic (exact) mass is 430 g/mol. The van der Waals surface area contributed by atoms with Crippen molar-refractivity contribution in [3.8, 4) is 0 Å². The van der Waals surface area contributed by atoms with Gasteiger partial charge >= 0.3 is 6.03 Å². The molecule has 1 heterocycles. The predicted molar refractivity (Wildman–Crippen MR) is 124 cm³/mol. The van der Waals surface area contributed by atoms with E-state index in [1.807, 2.05) is 72.8 Å². The van der Waals surface area contributed by atoms with Gasteiger partial charge in [-0.1, -0.05) is 60.7 Å². The van der Waals surface area contributed by atoms with Crippen LogP contribution in [0.15, 0.2) is 72.8 Å². The van der Waals surface area contributed by atoms with Crippen molar-refractivity contribution < 1.29 is 14.4 Å². The first kappa shape index (κ1) is 21.4. The van der Waals surface area contributed by atoms with Gasteiger partial charge in [0, 0.05) is 12.7 Å². The fraction of sp³-hybridized carbons (Fsp3) is 0.240. The highest BCUT2D eigenvalue weighted by Gasteiger charge is 2.48. The van der Waals surface area contributed by atoms with Gasteiger partial charge in [-0.3, -0.25) is 15.0 Å². The van der Waals surface area contributed by atoms with Crippen LogP contribution in [0, 0.1) is 0 Å². The molecule has 0 aromatic heterocycles. The molecule has 1 fully saturated rings. The number of imide groups is 1. The number of nitrogens with zero attached hydrogens (tertiary/aromatic N) is 2. The van der Waals surface area contributed by atoms with Crippen LogP contribution in [0.3, 0.4) is 0 Å². The molecule has 3 aromatic carbocycles. The third-order valence-electron chi connectivity index (χ3n) is 5.81. The van der Waals surface area contributed by atoms with Crippen LogP contribution in [-0.4, -0.2) is 42.0 Å². The Morgan fingerprint density at radius 2 is 1.69 bits per heavy atom. The zero-order valence-electron chi connectivity index (χ0n) is 18.2. The second-order valence-electron chi connectivity index (χ2n) is 8.31. The summed E-state index contributed by atoms with van der Waals surface area (Å²) in [5, 5.41) is 5.70. The second kappa shape index (κ2) is 8.70. The number of likely N-dealkylation sites (N-methyl/N-ethyl adjacent to an activating group) is 1. The zero-order chi connectivity index (χ0) is 22.7. The van der Waals surface area contributed by atoms with Crippen molar-refractivity contribution in [3.63, 3.8) is 0 Å². The smallest absolute Gasteiger partial charge is 0.344 e. The normalized spacial score (nSPS) is 18.0. The molecule has 1 aliphatic heterocycles. The molecule has 0 unspecified atom stereocenters. The number of aryl methyl sites for hydroxylation is 1. The van der Waals surface area contributed by atoms with Crippen molar-refractivity contribution in [2.45, 2.75) is 25.3 Å². The van der Waals surface area contributed by atoms with Crippen LogP contribution < -0.4 is 15.6 Å². The molecule has 0 radical (unpaired) electrons. The molecular weight excluding hydrogens is 404 g/mol. The van der Waals surface area contributed by atoms with E-state index in [1.54, 1.807) is 18.9 Å². The van der Waals surface area contributed by atoms with E-state index in [0.717, 1.165) is 27.0 Å². The van der Waals surface area contributed by atoms with E-state index < -0.39 is 23.4 Å². The van der Waals surface area contributed by atoms with Crippen molar-refractivity contribution in [3.05, 3.63) is 78.4 Å². The Kier molecular flexibility index (Phi) is 5.81. The highest BCUT2D eigenvalue weighted by atomic mass is 16.2. The van der Waals surface area contributed by atoms with E-state index in [1.165, 1.54) is 0 Å². The van der Waals surface area contributed by atoms with E-state index in [9.17, 15) is 14.4 Å². The number of hydrogen-bond donors (Lipinski definition) is 2. The molecule has 2 N–H and O–H groups in total. The number of hydrazine groups is 1. The molecule has 0 bridgehead atoms. The lowest BCUT2D eigenvalue weighted by atomic mass is 9.93. The number of benzene rings is 3. The summed E-state index contributed by atoms with van der Waals surface area (Å²) in [5.41, 5.74) is 3.34. The summed E-state index contributed by atoms with van der Waals surface area (Å²) in [6.45, 7) is 1.68. The van der Waals surface area contributed by atoms with E-state index in [0.29, 0.717) is 12.8 Å². The van der Waals surface area contributed by atoms with Gasteiger partial charge in [-0.25, -0.2) is 4.79 Å². The summed E-state index contributed by atoms with van der Waals surface area (Å²) < 4.78 is 0. The fourth-order valence-corrected chi connectivity index (χ4v) is 3.88. The lowest BCUT2D eigenvalue weighted by Gasteiger charge is -2.23. The van der Waals surface area contributed by atoms with E-state index in [4.69, 9.17) is 0 Å². The Balaban J connectivity index is 1.37. The molecule has 0 saturated carbocycles. The highest BCUT2D eigenvalue weighted by Crippen LogP contribution is 2.23. The summed E-state index contributed by atoms with van der Waals surface area (Å²) in [5.74, 6) is -0.906. The number of carbonyl (C=O) groups is 3. The third kappa shape index (κ3) is 4.42. The molecular formula is C25H26N4O3. The van der Waals surface area contributed by atoms with E-state index in [-0.39, 0.29) is 6.54 Å². The average Bonchev–Trinajstić information content (AvgIpc) is 3.01. The number of nitrogens with one attached hydrogen (secondary N) is 2. The number of hydrogen-bond acceptors (Lipinski definition) is 4. The van der Waals surface area contributed by atoms with Crippen LogP contribution in [0.2, 0.25) is 0 Å². The van der Waals surface area contributed by atoms with Gasteiger partial charge in [0.25, 0.3) is 11.8 Å². The Labute approximate surface area is 187 Å². The quantitative estimate of drug-likeness (QED) is 0.564. The largest absolute Gasteiger partial charge is 0.365 e. The molecule has 1 atom stereocenters. The van der Waals surface area contributed by atoms with Gasteiger partial charge in [-0.15, -0.1) is 0 Å². The van der Waals surface area contributed by atoms with Gasteiger partial charge in [-0.05, 0) is 48.2 Å². The lowest BCUT2D eigenvalue weighted by Crippen LogP contribution is -2.51. The Bertz CT molecular complexity index is 1160. The molecule has 1 saturated heterocycles. The highest BCUT2D eigenvalue weighted by molar-refractivity contribution is 6.07. The second-order valence-corrected chi connectivity index (χ2v) is 8.31. The van der Waals surface area contributed by atoms with Gasteiger partial charge < -0.3 is 10.2 Å². The van der Waals surface area contributed by atoms with E-state index in [2.05, 4.69) is 10.7 Å². The SMILES string of the molecule is CN(CC(=O)NN1C(=O)N[C@](C)(CCc2ccccc2)C1=O)c1ccc2ccccc2c1. The van der Waals surface area contributed by atoms with Crippen molar-refractivity contribution in [1.29, 1.82) is 0 Å².